The number of hydrogen-bond donors (Lipinski definition) is 2. The maximum atomic E-state index is 13.6. The lowest BCUT2D eigenvalue weighted by Crippen LogP contribution is -2.27. The van der Waals surface area contributed by atoms with Gasteiger partial charge in [0.25, 0.3) is 0 Å². The second-order valence-corrected chi connectivity index (χ2v) is 5.70. The molecule has 0 aliphatic heterocycles. The molecular formula is C18H22FNO. The molecule has 2 N–H and O–H groups in total. The average Bonchev–Trinajstić information content (AvgIpc) is 2.45. The van der Waals surface area contributed by atoms with E-state index >= 15 is 0 Å². The summed E-state index contributed by atoms with van der Waals surface area (Å²) in [5, 5.41) is 12.7. The molecule has 0 fully saturated rings. The fourth-order valence-electron chi connectivity index (χ4n) is 2.49. The number of rotatable bonds is 5. The summed E-state index contributed by atoms with van der Waals surface area (Å²) in [4.78, 5) is 0. The second-order valence-electron chi connectivity index (χ2n) is 5.70. The molecule has 0 saturated carbocycles. The van der Waals surface area contributed by atoms with Gasteiger partial charge in [-0.15, -0.1) is 0 Å². The SMILES string of the molecule is Cc1cc(CNC(C)Cc2ccc(O)cc2)cc(C)c1F. The molecule has 0 heterocycles. The quantitative estimate of drug-likeness (QED) is 0.875. The van der Waals surface area contributed by atoms with Crippen LogP contribution in [-0.2, 0) is 13.0 Å². The largest absolute Gasteiger partial charge is 0.508 e. The van der Waals surface area contributed by atoms with E-state index in [2.05, 4.69) is 12.2 Å². The molecule has 0 radical (unpaired) electrons. The molecule has 3 heteroatoms. The van der Waals surface area contributed by atoms with Gasteiger partial charge in [0.1, 0.15) is 11.6 Å². The van der Waals surface area contributed by atoms with E-state index in [1.54, 1.807) is 26.0 Å². The van der Waals surface area contributed by atoms with E-state index in [0.29, 0.717) is 17.2 Å². The van der Waals surface area contributed by atoms with E-state index in [-0.39, 0.29) is 11.6 Å². The highest BCUT2D eigenvalue weighted by Gasteiger charge is 2.07. The van der Waals surface area contributed by atoms with Crippen LogP contribution in [0, 0.1) is 19.7 Å². The molecule has 112 valence electrons. The topological polar surface area (TPSA) is 32.3 Å². The first-order valence-corrected chi connectivity index (χ1v) is 7.22. The molecule has 2 rings (SSSR count). The minimum absolute atomic E-state index is 0.115. The van der Waals surface area contributed by atoms with Gasteiger partial charge < -0.3 is 10.4 Å². The van der Waals surface area contributed by atoms with E-state index in [9.17, 15) is 9.50 Å². The Hall–Kier alpha value is -1.87. The van der Waals surface area contributed by atoms with Crippen molar-refractivity contribution in [1.29, 1.82) is 0 Å². The van der Waals surface area contributed by atoms with Gasteiger partial charge in [-0.05, 0) is 61.6 Å². The zero-order valence-electron chi connectivity index (χ0n) is 12.8. The van der Waals surface area contributed by atoms with E-state index < -0.39 is 0 Å². The molecule has 0 spiro atoms. The van der Waals surface area contributed by atoms with Crippen LogP contribution in [0.5, 0.6) is 5.75 Å². The molecule has 0 amide bonds. The van der Waals surface area contributed by atoms with Crippen LogP contribution < -0.4 is 5.32 Å². The summed E-state index contributed by atoms with van der Waals surface area (Å²) >= 11 is 0. The van der Waals surface area contributed by atoms with Crippen molar-refractivity contribution >= 4 is 0 Å². The average molecular weight is 287 g/mol. The highest BCUT2D eigenvalue weighted by molar-refractivity contribution is 5.30. The molecule has 21 heavy (non-hydrogen) atoms. The number of phenols is 1. The van der Waals surface area contributed by atoms with Crippen LogP contribution in [0.2, 0.25) is 0 Å². The first-order valence-electron chi connectivity index (χ1n) is 7.22. The van der Waals surface area contributed by atoms with Crippen LogP contribution in [0.25, 0.3) is 0 Å². The normalized spacial score (nSPS) is 12.4. The number of phenolic OH excluding ortho intramolecular Hbond substituents is 1. The van der Waals surface area contributed by atoms with Gasteiger partial charge in [-0.2, -0.15) is 0 Å². The van der Waals surface area contributed by atoms with Crippen molar-refractivity contribution in [1.82, 2.24) is 5.32 Å². The fraction of sp³-hybridized carbons (Fsp3) is 0.333. The van der Waals surface area contributed by atoms with Crippen LogP contribution >= 0.6 is 0 Å². The van der Waals surface area contributed by atoms with Crippen molar-refractivity contribution in [3.05, 3.63) is 64.5 Å². The third-order valence-electron chi connectivity index (χ3n) is 3.63. The van der Waals surface area contributed by atoms with E-state index in [1.807, 2.05) is 24.3 Å². The van der Waals surface area contributed by atoms with Gasteiger partial charge in [0.15, 0.2) is 0 Å². The van der Waals surface area contributed by atoms with Crippen molar-refractivity contribution in [2.24, 2.45) is 0 Å². The van der Waals surface area contributed by atoms with Gasteiger partial charge in [-0.3, -0.25) is 0 Å². The van der Waals surface area contributed by atoms with Gasteiger partial charge >= 0.3 is 0 Å². The predicted molar refractivity (Wildman–Crippen MR) is 84.0 cm³/mol. The Morgan fingerprint density at radius 3 is 2.19 bits per heavy atom. The van der Waals surface area contributed by atoms with Crippen LogP contribution in [0.1, 0.15) is 29.2 Å². The second kappa shape index (κ2) is 6.72. The van der Waals surface area contributed by atoms with E-state index in [0.717, 1.165) is 18.5 Å². The van der Waals surface area contributed by atoms with Gasteiger partial charge in [0.2, 0.25) is 0 Å². The van der Waals surface area contributed by atoms with Crippen LogP contribution in [0.4, 0.5) is 4.39 Å². The van der Waals surface area contributed by atoms with Gasteiger partial charge in [-0.25, -0.2) is 4.39 Å². The minimum Gasteiger partial charge on any atom is -0.508 e. The van der Waals surface area contributed by atoms with Crippen LogP contribution in [-0.4, -0.2) is 11.1 Å². The molecule has 0 aromatic heterocycles. The van der Waals surface area contributed by atoms with Crippen molar-refractivity contribution in [3.8, 4) is 5.75 Å². The number of nitrogens with one attached hydrogen (secondary N) is 1. The maximum Gasteiger partial charge on any atom is 0.129 e. The third-order valence-corrected chi connectivity index (χ3v) is 3.63. The predicted octanol–water partition coefficient (Wildman–Crippen LogP) is 3.87. The van der Waals surface area contributed by atoms with Crippen LogP contribution in [0.15, 0.2) is 36.4 Å². The molecule has 2 nitrogen and oxygen atoms in total. The lowest BCUT2D eigenvalue weighted by molar-refractivity contribution is 0.474. The zero-order valence-corrected chi connectivity index (χ0v) is 12.8. The summed E-state index contributed by atoms with van der Waals surface area (Å²) in [5.74, 6) is 0.174. The van der Waals surface area contributed by atoms with E-state index in [4.69, 9.17) is 0 Å². The Morgan fingerprint density at radius 1 is 1.05 bits per heavy atom. The Bertz CT molecular complexity index is 584. The molecule has 2 aromatic carbocycles. The minimum atomic E-state index is -0.115. The first kappa shape index (κ1) is 15.5. The monoisotopic (exact) mass is 287 g/mol. The molecule has 0 aliphatic rings. The molecule has 1 unspecified atom stereocenters. The zero-order chi connectivity index (χ0) is 15.4. The molecule has 0 aliphatic carbocycles. The van der Waals surface area contributed by atoms with Crippen molar-refractivity contribution in [2.75, 3.05) is 0 Å². The Morgan fingerprint density at radius 2 is 1.62 bits per heavy atom. The Kier molecular flexibility index (Phi) is 4.97. The highest BCUT2D eigenvalue weighted by Crippen LogP contribution is 2.15. The highest BCUT2D eigenvalue weighted by atomic mass is 19.1. The number of benzene rings is 2. The molecule has 0 bridgehead atoms. The van der Waals surface area contributed by atoms with E-state index in [1.165, 1.54) is 5.56 Å². The standard InChI is InChI=1S/C18H22FNO/c1-12-8-16(9-13(2)18(12)19)11-20-14(3)10-15-4-6-17(21)7-5-15/h4-9,14,20-21H,10-11H2,1-3H3. The molecular weight excluding hydrogens is 265 g/mol. The number of aryl methyl sites for hydroxylation is 2. The van der Waals surface area contributed by atoms with Gasteiger partial charge in [-0.1, -0.05) is 24.3 Å². The summed E-state index contributed by atoms with van der Waals surface area (Å²) < 4.78 is 13.6. The molecule has 0 saturated heterocycles. The first-order chi connectivity index (χ1) is 9.95. The van der Waals surface area contributed by atoms with Gasteiger partial charge in [0.05, 0.1) is 0 Å². The summed E-state index contributed by atoms with van der Waals surface area (Å²) in [6.45, 7) is 6.44. The van der Waals surface area contributed by atoms with Crippen molar-refractivity contribution in [2.45, 2.75) is 39.8 Å². The third kappa shape index (κ3) is 4.30. The molecule has 2 aromatic rings. The Balaban J connectivity index is 1.92. The number of halogens is 1. The van der Waals surface area contributed by atoms with Crippen LogP contribution in [0.3, 0.4) is 0 Å². The summed E-state index contributed by atoms with van der Waals surface area (Å²) in [5.41, 5.74) is 3.67. The molecule has 1 atom stereocenters. The summed E-state index contributed by atoms with van der Waals surface area (Å²) in [6, 6.07) is 11.4. The summed E-state index contributed by atoms with van der Waals surface area (Å²) in [7, 11) is 0. The maximum absolute atomic E-state index is 13.6. The Labute approximate surface area is 125 Å². The lowest BCUT2D eigenvalue weighted by atomic mass is 10.0. The van der Waals surface area contributed by atoms with Gasteiger partial charge in [0, 0.05) is 12.6 Å². The number of hydrogen-bond acceptors (Lipinski definition) is 2. The summed E-state index contributed by atoms with van der Waals surface area (Å²) in [6.07, 6.45) is 0.888. The number of aromatic hydroxyl groups is 1. The lowest BCUT2D eigenvalue weighted by Gasteiger charge is -2.15. The smallest absolute Gasteiger partial charge is 0.129 e. The van der Waals surface area contributed by atoms with Crippen molar-refractivity contribution < 1.29 is 9.50 Å². The van der Waals surface area contributed by atoms with Crippen molar-refractivity contribution in [3.63, 3.8) is 0 Å². The fourth-order valence-corrected chi connectivity index (χ4v) is 2.49.